The fraction of sp³-hybridized carbons (Fsp3) is 0.250. The molecule has 14 heavy (non-hydrogen) atoms. The highest BCUT2D eigenvalue weighted by Gasteiger charge is 2.00. The standard InChI is InChI=1S/C10H10OS.C2H6/c1-4-5-9-6-10(7(2)11)12-8(9)3;1-2/h4-6H,1,3H2,2H3;1-2H3/b9-5-;. The van der Waals surface area contributed by atoms with Gasteiger partial charge in [0, 0.05) is 4.53 Å². The number of Topliss-reactive ketones (excluding diaryl/α,β-unsaturated/α-hetero) is 1. The Morgan fingerprint density at radius 3 is 2.43 bits per heavy atom. The third-order valence-electron chi connectivity index (χ3n) is 1.49. The number of carbonyl (C=O) groups excluding carboxylic acids is 1. The van der Waals surface area contributed by atoms with Crippen LogP contribution in [0.25, 0.3) is 12.7 Å². The first-order valence-corrected chi connectivity index (χ1v) is 5.39. The van der Waals surface area contributed by atoms with Gasteiger partial charge in [0.25, 0.3) is 0 Å². The molecule has 0 amide bonds. The van der Waals surface area contributed by atoms with Gasteiger partial charge in [-0.25, -0.2) is 0 Å². The molecule has 0 aromatic carbocycles. The molecule has 0 aliphatic heterocycles. The molecule has 1 heterocycles. The van der Waals surface area contributed by atoms with E-state index in [-0.39, 0.29) is 5.78 Å². The van der Waals surface area contributed by atoms with E-state index in [4.69, 9.17) is 0 Å². The number of rotatable bonds is 2. The van der Waals surface area contributed by atoms with Crippen LogP contribution in [0.3, 0.4) is 0 Å². The number of thiophene rings is 1. The summed E-state index contributed by atoms with van der Waals surface area (Å²) >= 11 is 1.42. The molecule has 0 spiro atoms. The van der Waals surface area contributed by atoms with E-state index in [9.17, 15) is 4.79 Å². The van der Waals surface area contributed by atoms with E-state index in [1.54, 1.807) is 13.0 Å². The van der Waals surface area contributed by atoms with Crippen LogP contribution in [0.5, 0.6) is 0 Å². The quantitative estimate of drug-likeness (QED) is 0.682. The van der Waals surface area contributed by atoms with Crippen molar-refractivity contribution in [1.82, 2.24) is 0 Å². The van der Waals surface area contributed by atoms with Crippen LogP contribution in [0.2, 0.25) is 0 Å². The highest BCUT2D eigenvalue weighted by molar-refractivity contribution is 7.11. The van der Waals surface area contributed by atoms with Gasteiger partial charge in [0.15, 0.2) is 5.78 Å². The van der Waals surface area contributed by atoms with E-state index < -0.39 is 0 Å². The Bertz CT molecular complexity index is 412. The normalized spacial score (nSPS) is 10.4. The maximum atomic E-state index is 11.0. The van der Waals surface area contributed by atoms with Crippen molar-refractivity contribution in [2.75, 3.05) is 0 Å². The van der Waals surface area contributed by atoms with Crippen molar-refractivity contribution in [2.24, 2.45) is 0 Å². The monoisotopic (exact) mass is 208 g/mol. The molecule has 0 aliphatic rings. The van der Waals surface area contributed by atoms with Crippen LogP contribution in [0, 0.1) is 0 Å². The molecular weight excluding hydrogens is 192 g/mol. The zero-order valence-electron chi connectivity index (χ0n) is 8.96. The van der Waals surface area contributed by atoms with E-state index in [0.717, 1.165) is 14.6 Å². The molecule has 1 rings (SSSR count). The summed E-state index contributed by atoms with van der Waals surface area (Å²) in [5.41, 5.74) is 0. The van der Waals surface area contributed by atoms with Crippen molar-refractivity contribution >= 4 is 29.8 Å². The second-order valence-corrected chi connectivity index (χ2v) is 3.58. The highest BCUT2D eigenvalue weighted by Crippen LogP contribution is 1.99. The first kappa shape index (κ1) is 12.8. The number of ketones is 1. The summed E-state index contributed by atoms with van der Waals surface area (Å²) in [5.74, 6) is 0.0913. The van der Waals surface area contributed by atoms with E-state index in [1.807, 2.05) is 26.0 Å². The Morgan fingerprint density at radius 2 is 2.07 bits per heavy atom. The predicted octanol–water partition coefficient (Wildman–Crippen LogP) is 2.35. The molecule has 0 saturated carbocycles. The zero-order chi connectivity index (χ0) is 11.1. The maximum absolute atomic E-state index is 11.0. The fourth-order valence-corrected chi connectivity index (χ4v) is 1.72. The van der Waals surface area contributed by atoms with Gasteiger partial charge >= 0.3 is 0 Å². The third kappa shape index (κ3) is 3.30. The number of hydrogen-bond acceptors (Lipinski definition) is 2. The Balaban J connectivity index is 0.000000791. The maximum Gasteiger partial charge on any atom is 0.169 e. The Kier molecular flexibility index (Phi) is 5.81. The van der Waals surface area contributed by atoms with Crippen LogP contribution in [-0.4, -0.2) is 5.78 Å². The van der Waals surface area contributed by atoms with Crippen LogP contribution >= 0.6 is 11.3 Å². The second kappa shape index (κ2) is 6.33. The average molecular weight is 208 g/mol. The minimum Gasteiger partial charge on any atom is -0.294 e. The van der Waals surface area contributed by atoms with Gasteiger partial charge in [0.1, 0.15) is 0 Å². The molecule has 2 heteroatoms. The summed E-state index contributed by atoms with van der Waals surface area (Å²) in [6.07, 6.45) is 3.55. The molecule has 1 aromatic rings. The van der Waals surface area contributed by atoms with Crippen molar-refractivity contribution in [3.8, 4) is 0 Å². The van der Waals surface area contributed by atoms with Crippen molar-refractivity contribution < 1.29 is 4.79 Å². The topological polar surface area (TPSA) is 17.1 Å². The lowest BCUT2D eigenvalue weighted by atomic mass is 10.3. The largest absolute Gasteiger partial charge is 0.294 e. The fourth-order valence-electron chi connectivity index (χ4n) is 0.884. The van der Waals surface area contributed by atoms with Crippen LogP contribution in [0.4, 0.5) is 0 Å². The number of hydrogen-bond donors (Lipinski definition) is 0. The lowest BCUT2D eigenvalue weighted by molar-refractivity contribution is 0.102. The molecule has 0 aliphatic carbocycles. The minimum absolute atomic E-state index is 0.0913. The zero-order valence-corrected chi connectivity index (χ0v) is 9.78. The van der Waals surface area contributed by atoms with Gasteiger partial charge in [-0.2, -0.15) is 0 Å². The molecular formula is C12H16OS. The van der Waals surface area contributed by atoms with Gasteiger partial charge in [0.2, 0.25) is 0 Å². The molecule has 1 nitrogen and oxygen atoms in total. The second-order valence-electron chi connectivity index (χ2n) is 2.45. The summed E-state index contributed by atoms with van der Waals surface area (Å²) in [5, 5.41) is 0.986. The molecule has 0 saturated heterocycles. The van der Waals surface area contributed by atoms with Crippen LogP contribution in [-0.2, 0) is 0 Å². The van der Waals surface area contributed by atoms with Crippen molar-refractivity contribution in [3.63, 3.8) is 0 Å². The predicted molar refractivity (Wildman–Crippen MR) is 65.1 cm³/mol. The van der Waals surface area contributed by atoms with Crippen LogP contribution < -0.4 is 9.75 Å². The molecule has 0 fully saturated rings. The molecule has 0 bridgehead atoms. The van der Waals surface area contributed by atoms with E-state index >= 15 is 0 Å². The summed E-state index contributed by atoms with van der Waals surface area (Å²) in [7, 11) is 0. The van der Waals surface area contributed by atoms with Gasteiger partial charge in [-0.3, -0.25) is 4.79 Å². The molecule has 76 valence electrons. The Hall–Kier alpha value is -1.15. The van der Waals surface area contributed by atoms with Gasteiger partial charge in [-0.1, -0.05) is 39.2 Å². The van der Waals surface area contributed by atoms with E-state index in [0.29, 0.717) is 0 Å². The lowest BCUT2D eigenvalue weighted by Crippen LogP contribution is -2.14. The average Bonchev–Trinajstić information content (AvgIpc) is 2.52. The van der Waals surface area contributed by atoms with E-state index in [1.165, 1.54) is 11.3 Å². The van der Waals surface area contributed by atoms with Gasteiger partial charge in [-0.15, -0.1) is 11.3 Å². The first-order chi connectivity index (χ1) is 6.65. The summed E-state index contributed by atoms with van der Waals surface area (Å²) in [6, 6.07) is 1.84. The SMILES string of the molecule is C=C/C=c1/cc(C(C)=O)sc1=C.CC. The summed E-state index contributed by atoms with van der Waals surface area (Å²) in [4.78, 5) is 11.7. The third-order valence-corrected chi connectivity index (χ3v) is 2.59. The van der Waals surface area contributed by atoms with Crippen LogP contribution in [0.1, 0.15) is 30.4 Å². The number of carbonyl (C=O) groups is 1. The molecule has 0 N–H and O–H groups in total. The molecule has 0 unspecified atom stereocenters. The number of allylic oxidation sites excluding steroid dienone is 1. The van der Waals surface area contributed by atoms with Gasteiger partial charge in [0.05, 0.1) is 4.88 Å². The summed E-state index contributed by atoms with van der Waals surface area (Å²) in [6.45, 7) is 13.0. The highest BCUT2D eigenvalue weighted by atomic mass is 32.1. The van der Waals surface area contributed by atoms with Gasteiger partial charge < -0.3 is 0 Å². The molecule has 1 aromatic heterocycles. The lowest BCUT2D eigenvalue weighted by Gasteiger charge is -1.80. The smallest absolute Gasteiger partial charge is 0.169 e. The molecule has 0 radical (unpaired) electrons. The Labute approximate surface area is 89.1 Å². The summed E-state index contributed by atoms with van der Waals surface area (Å²) < 4.78 is 0.917. The molecule has 0 atom stereocenters. The minimum atomic E-state index is 0.0913. The Morgan fingerprint density at radius 1 is 1.50 bits per heavy atom. The first-order valence-electron chi connectivity index (χ1n) is 4.57. The van der Waals surface area contributed by atoms with Crippen molar-refractivity contribution in [1.29, 1.82) is 0 Å². The van der Waals surface area contributed by atoms with Gasteiger partial charge in [-0.05, 0) is 18.2 Å². The van der Waals surface area contributed by atoms with Crippen molar-refractivity contribution in [3.05, 3.63) is 33.3 Å². The van der Waals surface area contributed by atoms with Crippen molar-refractivity contribution in [2.45, 2.75) is 20.8 Å². The van der Waals surface area contributed by atoms with E-state index in [2.05, 4.69) is 13.2 Å². The van der Waals surface area contributed by atoms with Crippen LogP contribution in [0.15, 0.2) is 18.7 Å².